The summed E-state index contributed by atoms with van der Waals surface area (Å²) in [7, 11) is -2.25. The number of hydrogen-bond donors (Lipinski definition) is 2. The Hall–Kier alpha value is -3.14. The monoisotopic (exact) mass is 505 g/mol. The lowest BCUT2D eigenvalue weighted by molar-refractivity contribution is -0.0498. The van der Waals surface area contributed by atoms with Crippen LogP contribution in [0.1, 0.15) is 11.1 Å². The first-order valence-corrected chi connectivity index (χ1v) is 12.1. The highest BCUT2D eigenvalue weighted by molar-refractivity contribution is 7.90. The van der Waals surface area contributed by atoms with Gasteiger partial charge in [-0.1, -0.05) is 23.7 Å². The number of aryl methyl sites for hydroxylation is 1. The summed E-state index contributed by atoms with van der Waals surface area (Å²) in [6.45, 7) is -0.598. The molecule has 1 heterocycles. The van der Waals surface area contributed by atoms with Crippen LogP contribution in [0.25, 0.3) is 10.9 Å². The first-order chi connectivity index (χ1) is 16.2. The molecule has 0 atom stereocenters. The molecular weight excluding hydrogens is 484 g/mol. The van der Waals surface area contributed by atoms with Crippen LogP contribution in [0, 0.1) is 6.92 Å². The highest BCUT2D eigenvalue weighted by atomic mass is 35.5. The molecule has 0 radical (unpaired) electrons. The smallest absolute Gasteiger partial charge is 0.387 e. The molecule has 0 saturated carbocycles. The molecule has 4 aromatic rings. The standard InChI is InChI=1S/C24H22ClF2N3O3S/c1-15-3-10-22(21(25)11-15)29-17-4-9-20-16(13-28-2)14-30(23(20)12-17)34(31,32)19-7-5-18(6-8-19)33-24(26)27/h3-12,14,24,28-29H,13H2,1-2H3. The molecular formula is C24H22ClF2N3O3S. The molecule has 6 nitrogen and oxygen atoms in total. The van der Waals surface area contributed by atoms with Crippen molar-refractivity contribution in [1.82, 2.24) is 9.29 Å². The van der Waals surface area contributed by atoms with Crippen molar-refractivity contribution in [2.45, 2.75) is 25.0 Å². The van der Waals surface area contributed by atoms with E-state index in [2.05, 4.69) is 15.4 Å². The van der Waals surface area contributed by atoms with Gasteiger partial charge in [-0.2, -0.15) is 8.78 Å². The van der Waals surface area contributed by atoms with E-state index in [1.807, 2.05) is 37.3 Å². The van der Waals surface area contributed by atoms with Crippen LogP contribution in [0.4, 0.5) is 20.2 Å². The van der Waals surface area contributed by atoms with Gasteiger partial charge in [0.25, 0.3) is 10.0 Å². The number of fused-ring (bicyclic) bond motifs is 1. The molecule has 34 heavy (non-hydrogen) atoms. The molecule has 1 aromatic heterocycles. The molecule has 0 spiro atoms. The average Bonchev–Trinajstić information content (AvgIpc) is 3.14. The number of ether oxygens (including phenoxy) is 1. The Morgan fingerprint density at radius 2 is 1.79 bits per heavy atom. The number of rotatable bonds is 8. The van der Waals surface area contributed by atoms with Gasteiger partial charge >= 0.3 is 6.61 Å². The molecule has 3 aromatic carbocycles. The van der Waals surface area contributed by atoms with Crippen molar-refractivity contribution in [1.29, 1.82) is 0 Å². The Morgan fingerprint density at radius 3 is 2.44 bits per heavy atom. The summed E-state index contributed by atoms with van der Waals surface area (Å²) in [5, 5.41) is 7.59. The highest BCUT2D eigenvalue weighted by Gasteiger charge is 2.22. The van der Waals surface area contributed by atoms with Crippen molar-refractivity contribution in [2.24, 2.45) is 0 Å². The van der Waals surface area contributed by atoms with Gasteiger partial charge in [0.1, 0.15) is 5.75 Å². The Kier molecular flexibility index (Phi) is 6.79. The molecule has 2 N–H and O–H groups in total. The summed E-state index contributed by atoms with van der Waals surface area (Å²) in [6.07, 6.45) is 1.56. The number of hydrogen-bond acceptors (Lipinski definition) is 5. The summed E-state index contributed by atoms with van der Waals surface area (Å²) in [5.41, 5.74) is 3.62. The molecule has 0 aliphatic rings. The van der Waals surface area contributed by atoms with E-state index >= 15 is 0 Å². The molecule has 178 valence electrons. The van der Waals surface area contributed by atoms with Crippen molar-refractivity contribution in [3.8, 4) is 5.75 Å². The lowest BCUT2D eigenvalue weighted by atomic mass is 10.1. The van der Waals surface area contributed by atoms with E-state index in [0.717, 1.165) is 16.5 Å². The number of alkyl halides is 2. The van der Waals surface area contributed by atoms with Crippen LogP contribution in [-0.2, 0) is 16.6 Å². The molecule has 10 heteroatoms. The fraction of sp³-hybridized carbons (Fsp3) is 0.167. The van der Waals surface area contributed by atoms with E-state index in [1.165, 1.54) is 28.2 Å². The SMILES string of the molecule is CNCc1cn(S(=O)(=O)c2ccc(OC(F)F)cc2)c2cc(Nc3ccc(C)cc3Cl)ccc12. The minimum absolute atomic E-state index is 0.0537. The number of nitrogens with one attached hydrogen (secondary N) is 2. The van der Waals surface area contributed by atoms with Crippen LogP contribution in [0.5, 0.6) is 5.75 Å². The zero-order valence-electron chi connectivity index (χ0n) is 18.3. The minimum atomic E-state index is -4.02. The number of nitrogens with zero attached hydrogens (tertiary/aromatic N) is 1. The Labute approximate surface area is 201 Å². The number of benzene rings is 3. The third-order valence-electron chi connectivity index (χ3n) is 5.23. The zero-order valence-corrected chi connectivity index (χ0v) is 19.9. The minimum Gasteiger partial charge on any atom is -0.435 e. The molecule has 0 aliphatic carbocycles. The van der Waals surface area contributed by atoms with Gasteiger partial charge < -0.3 is 15.4 Å². The summed E-state index contributed by atoms with van der Waals surface area (Å²) in [5.74, 6) is -0.122. The molecule has 4 rings (SSSR count). The van der Waals surface area contributed by atoms with E-state index in [4.69, 9.17) is 11.6 Å². The van der Waals surface area contributed by atoms with Crippen LogP contribution in [0.3, 0.4) is 0 Å². The normalized spacial score (nSPS) is 11.8. The molecule has 0 saturated heterocycles. The maximum atomic E-state index is 13.5. The topological polar surface area (TPSA) is 72.4 Å². The second kappa shape index (κ2) is 9.61. The van der Waals surface area contributed by atoms with Crippen LogP contribution < -0.4 is 15.4 Å². The van der Waals surface area contributed by atoms with Crippen LogP contribution in [-0.4, -0.2) is 26.0 Å². The van der Waals surface area contributed by atoms with E-state index in [0.29, 0.717) is 28.5 Å². The molecule has 0 fully saturated rings. The summed E-state index contributed by atoms with van der Waals surface area (Å²) in [4.78, 5) is -0.0537. The predicted octanol–water partition coefficient (Wildman–Crippen LogP) is 5.90. The van der Waals surface area contributed by atoms with Gasteiger partial charge in [0, 0.05) is 23.8 Å². The average molecular weight is 506 g/mol. The van der Waals surface area contributed by atoms with Crippen molar-refractivity contribution in [3.05, 3.63) is 83.0 Å². The van der Waals surface area contributed by atoms with Gasteiger partial charge in [-0.3, -0.25) is 0 Å². The zero-order chi connectivity index (χ0) is 24.5. The molecule has 0 aliphatic heterocycles. The molecule has 0 bridgehead atoms. The lowest BCUT2D eigenvalue weighted by Gasteiger charge is -2.12. The fourth-order valence-corrected chi connectivity index (χ4v) is 5.32. The summed E-state index contributed by atoms with van der Waals surface area (Å²) in [6, 6.07) is 15.9. The van der Waals surface area contributed by atoms with Gasteiger partial charge in [-0.25, -0.2) is 12.4 Å². The maximum Gasteiger partial charge on any atom is 0.387 e. The number of aromatic nitrogens is 1. The van der Waals surface area contributed by atoms with Crippen molar-refractivity contribution in [3.63, 3.8) is 0 Å². The van der Waals surface area contributed by atoms with Crippen molar-refractivity contribution >= 4 is 43.9 Å². The van der Waals surface area contributed by atoms with Gasteiger partial charge in [0.05, 0.1) is 21.1 Å². The van der Waals surface area contributed by atoms with E-state index in [-0.39, 0.29) is 10.6 Å². The van der Waals surface area contributed by atoms with E-state index in [9.17, 15) is 17.2 Å². The van der Waals surface area contributed by atoms with Gasteiger partial charge in [-0.15, -0.1) is 0 Å². The Morgan fingerprint density at radius 1 is 1.06 bits per heavy atom. The first-order valence-electron chi connectivity index (χ1n) is 10.3. The maximum absolute atomic E-state index is 13.5. The third-order valence-corrected chi connectivity index (χ3v) is 7.23. The highest BCUT2D eigenvalue weighted by Crippen LogP contribution is 2.32. The van der Waals surface area contributed by atoms with Gasteiger partial charge in [0.15, 0.2) is 0 Å². The van der Waals surface area contributed by atoms with Crippen molar-refractivity contribution < 1.29 is 21.9 Å². The summed E-state index contributed by atoms with van der Waals surface area (Å²) >= 11 is 6.34. The van der Waals surface area contributed by atoms with Crippen molar-refractivity contribution in [2.75, 3.05) is 12.4 Å². The van der Waals surface area contributed by atoms with Crippen LogP contribution >= 0.6 is 11.6 Å². The second-order valence-electron chi connectivity index (χ2n) is 7.68. The van der Waals surface area contributed by atoms with Crippen LogP contribution in [0.2, 0.25) is 5.02 Å². The lowest BCUT2D eigenvalue weighted by Crippen LogP contribution is -2.12. The summed E-state index contributed by atoms with van der Waals surface area (Å²) < 4.78 is 57.3. The molecule has 0 amide bonds. The van der Waals surface area contributed by atoms with Gasteiger partial charge in [-0.05, 0) is 73.6 Å². The predicted molar refractivity (Wildman–Crippen MR) is 130 cm³/mol. The van der Waals surface area contributed by atoms with Gasteiger partial charge in [0.2, 0.25) is 0 Å². The Balaban J connectivity index is 1.78. The number of halogens is 3. The van der Waals surface area contributed by atoms with E-state index in [1.54, 1.807) is 19.3 Å². The number of anilines is 2. The quantitative estimate of drug-likeness (QED) is 0.312. The largest absolute Gasteiger partial charge is 0.435 e. The third kappa shape index (κ3) is 4.86. The molecule has 0 unspecified atom stereocenters. The second-order valence-corrected chi connectivity index (χ2v) is 9.90. The fourth-order valence-electron chi connectivity index (χ4n) is 3.66. The first kappa shape index (κ1) is 24.0. The van der Waals surface area contributed by atoms with E-state index < -0.39 is 16.6 Å². The Bertz CT molecular complexity index is 1440. The van der Waals surface area contributed by atoms with Crippen LogP contribution in [0.15, 0.2) is 71.8 Å².